The molecule has 1 heterocycles. The second-order valence-electron chi connectivity index (χ2n) is 9.89. The highest BCUT2D eigenvalue weighted by Gasteiger charge is 2.24. The summed E-state index contributed by atoms with van der Waals surface area (Å²) in [6.45, 7) is 10.7. The first-order chi connectivity index (χ1) is 17.7. The molecule has 2 N–H and O–H groups in total. The summed E-state index contributed by atoms with van der Waals surface area (Å²) in [6, 6.07) is 23.3. The van der Waals surface area contributed by atoms with Crippen LogP contribution in [-0.4, -0.2) is 28.6 Å². The molecule has 1 unspecified atom stereocenters. The number of nitrogens with zero attached hydrogens (tertiary/aromatic N) is 2. The first-order valence-electron chi connectivity index (χ1n) is 12.6. The van der Waals surface area contributed by atoms with Crippen LogP contribution in [0.25, 0.3) is 10.9 Å². The van der Waals surface area contributed by atoms with Crippen LogP contribution in [0.15, 0.2) is 77.9 Å². The number of amides is 2. The second kappa shape index (κ2) is 11.2. The zero-order valence-corrected chi connectivity index (χ0v) is 22.1. The molecule has 0 aliphatic carbocycles. The molecule has 6 nitrogen and oxygen atoms in total. The van der Waals surface area contributed by atoms with E-state index in [1.165, 1.54) is 11.1 Å². The molecule has 2 amide bonds. The molecule has 6 heteroatoms. The minimum absolute atomic E-state index is 0.109. The minimum atomic E-state index is -0.713. The zero-order chi connectivity index (χ0) is 26.5. The lowest BCUT2D eigenvalue weighted by atomic mass is 10.0. The lowest BCUT2D eigenvalue weighted by molar-refractivity contribution is -0.123. The van der Waals surface area contributed by atoms with Gasteiger partial charge in [-0.25, -0.2) is 5.43 Å². The fraction of sp³-hybridized carbons (Fsp3) is 0.258. The molecule has 0 saturated carbocycles. The number of hydrazone groups is 1. The van der Waals surface area contributed by atoms with Crippen LogP contribution < -0.4 is 10.7 Å². The van der Waals surface area contributed by atoms with E-state index in [9.17, 15) is 9.59 Å². The Morgan fingerprint density at radius 1 is 0.919 bits per heavy atom. The molecule has 0 spiro atoms. The van der Waals surface area contributed by atoms with Crippen molar-refractivity contribution in [1.82, 2.24) is 15.3 Å². The molecule has 190 valence electrons. The third-order valence-corrected chi connectivity index (χ3v) is 6.62. The zero-order valence-electron chi connectivity index (χ0n) is 22.1. The average Bonchev–Trinajstić information content (AvgIpc) is 3.13. The normalized spacial score (nSPS) is 12.3. The van der Waals surface area contributed by atoms with Crippen LogP contribution in [0.1, 0.15) is 52.2 Å². The van der Waals surface area contributed by atoms with Gasteiger partial charge in [0.2, 0.25) is 0 Å². The Labute approximate surface area is 218 Å². The van der Waals surface area contributed by atoms with Crippen molar-refractivity contribution in [3.63, 3.8) is 0 Å². The molecule has 0 bridgehead atoms. The quantitative estimate of drug-likeness (QED) is 0.250. The van der Waals surface area contributed by atoms with Gasteiger partial charge in [0.25, 0.3) is 11.8 Å². The van der Waals surface area contributed by atoms with Gasteiger partial charge in [-0.2, -0.15) is 5.10 Å². The van der Waals surface area contributed by atoms with Crippen LogP contribution in [0.3, 0.4) is 0 Å². The van der Waals surface area contributed by atoms with Crippen LogP contribution >= 0.6 is 0 Å². The topological polar surface area (TPSA) is 75.5 Å². The lowest BCUT2D eigenvalue weighted by Gasteiger charge is -2.20. The molecule has 1 aromatic heterocycles. The van der Waals surface area contributed by atoms with E-state index in [2.05, 4.69) is 70.7 Å². The number of rotatable bonds is 8. The van der Waals surface area contributed by atoms with E-state index in [-0.39, 0.29) is 17.7 Å². The summed E-state index contributed by atoms with van der Waals surface area (Å²) in [5.74, 6) is -0.747. The van der Waals surface area contributed by atoms with Crippen LogP contribution in [0, 0.1) is 26.7 Å². The van der Waals surface area contributed by atoms with Crippen molar-refractivity contribution in [3.05, 3.63) is 106 Å². The molecular formula is C31H34N4O2. The van der Waals surface area contributed by atoms with Crippen molar-refractivity contribution >= 4 is 28.9 Å². The highest BCUT2D eigenvalue weighted by molar-refractivity contribution is 6.02. The highest BCUT2D eigenvalue weighted by atomic mass is 16.2. The van der Waals surface area contributed by atoms with Crippen molar-refractivity contribution in [2.75, 3.05) is 0 Å². The van der Waals surface area contributed by atoms with E-state index in [4.69, 9.17) is 0 Å². The maximum Gasteiger partial charge on any atom is 0.262 e. The molecule has 0 fully saturated rings. The Balaban J connectivity index is 1.52. The van der Waals surface area contributed by atoms with Crippen LogP contribution in [0.2, 0.25) is 0 Å². The monoisotopic (exact) mass is 494 g/mol. The smallest absolute Gasteiger partial charge is 0.262 e. The molecular weight excluding hydrogens is 460 g/mol. The van der Waals surface area contributed by atoms with Gasteiger partial charge in [-0.05, 0) is 50.5 Å². The Bertz CT molecular complexity index is 1450. The summed E-state index contributed by atoms with van der Waals surface area (Å²) in [4.78, 5) is 25.7. The predicted octanol–water partition coefficient (Wildman–Crippen LogP) is 5.52. The number of carbonyl (C=O) groups excluding carboxylic acids is 2. The van der Waals surface area contributed by atoms with Gasteiger partial charge in [0.1, 0.15) is 6.04 Å². The summed E-state index contributed by atoms with van der Waals surface area (Å²) in [5, 5.41) is 8.21. The second-order valence-corrected chi connectivity index (χ2v) is 9.89. The van der Waals surface area contributed by atoms with Crippen molar-refractivity contribution in [3.8, 4) is 0 Å². The van der Waals surface area contributed by atoms with Gasteiger partial charge in [-0.3, -0.25) is 9.59 Å². The molecule has 4 rings (SSSR count). The van der Waals surface area contributed by atoms with Crippen molar-refractivity contribution < 1.29 is 9.59 Å². The lowest BCUT2D eigenvalue weighted by Crippen LogP contribution is -2.48. The van der Waals surface area contributed by atoms with E-state index in [1.54, 1.807) is 18.3 Å². The molecule has 37 heavy (non-hydrogen) atoms. The highest BCUT2D eigenvalue weighted by Crippen LogP contribution is 2.25. The summed E-state index contributed by atoms with van der Waals surface area (Å²) >= 11 is 0. The largest absolute Gasteiger partial charge is 0.340 e. The maximum absolute atomic E-state index is 13.0. The third-order valence-electron chi connectivity index (χ3n) is 6.62. The predicted molar refractivity (Wildman–Crippen MR) is 150 cm³/mol. The van der Waals surface area contributed by atoms with E-state index in [0.29, 0.717) is 5.56 Å². The summed E-state index contributed by atoms with van der Waals surface area (Å²) < 4.78 is 2.27. The third kappa shape index (κ3) is 5.97. The van der Waals surface area contributed by atoms with E-state index >= 15 is 0 Å². The van der Waals surface area contributed by atoms with Gasteiger partial charge in [-0.1, -0.05) is 79.6 Å². The Kier molecular flexibility index (Phi) is 7.87. The number of aromatic nitrogens is 1. The van der Waals surface area contributed by atoms with E-state index in [1.807, 2.05) is 45.0 Å². The first-order valence-corrected chi connectivity index (χ1v) is 12.6. The van der Waals surface area contributed by atoms with Gasteiger partial charge < -0.3 is 9.88 Å². The number of fused-ring (bicyclic) bond motifs is 1. The molecule has 0 saturated heterocycles. The fourth-order valence-electron chi connectivity index (χ4n) is 4.51. The van der Waals surface area contributed by atoms with Crippen molar-refractivity contribution in [2.45, 2.75) is 47.2 Å². The number of benzene rings is 3. The summed E-state index contributed by atoms with van der Waals surface area (Å²) in [6.07, 6.45) is 1.70. The molecule has 0 aliphatic rings. The maximum atomic E-state index is 13.0. The minimum Gasteiger partial charge on any atom is -0.340 e. The molecule has 0 aliphatic heterocycles. The number of carbonyl (C=O) groups is 2. The van der Waals surface area contributed by atoms with Gasteiger partial charge in [0.15, 0.2) is 0 Å². The van der Waals surface area contributed by atoms with Crippen molar-refractivity contribution in [1.29, 1.82) is 0 Å². The SMILES string of the molecule is Cc1ccc(C(=O)NC(C(=O)N/N=C\c2c(C)n(Cc3cccc(C)c3)c3ccccc23)C(C)C)cc1. The van der Waals surface area contributed by atoms with Gasteiger partial charge in [0, 0.05) is 34.3 Å². The molecule has 4 aromatic rings. The number of nitrogens with one attached hydrogen (secondary N) is 2. The summed E-state index contributed by atoms with van der Waals surface area (Å²) in [5.41, 5.74) is 9.81. The van der Waals surface area contributed by atoms with Crippen LogP contribution in [0.5, 0.6) is 0 Å². The number of hydrogen-bond donors (Lipinski definition) is 2. The number of para-hydroxylation sites is 1. The Morgan fingerprint density at radius 2 is 1.65 bits per heavy atom. The number of hydrogen-bond acceptors (Lipinski definition) is 3. The molecule has 3 aromatic carbocycles. The fourth-order valence-corrected chi connectivity index (χ4v) is 4.51. The van der Waals surface area contributed by atoms with Gasteiger partial charge in [0.05, 0.1) is 6.21 Å². The van der Waals surface area contributed by atoms with Gasteiger partial charge >= 0.3 is 0 Å². The Morgan fingerprint density at radius 3 is 2.35 bits per heavy atom. The number of aryl methyl sites for hydroxylation is 2. The first kappa shape index (κ1) is 25.9. The van der Waals surface area contributed by atoms with E-state index < -0.39 is 6.04 Å². The molecule has 0 radical (unpaired) electrons. The Hall–Kier alpha value is -4.19. The summed E-state index contributed by atoms with van der Waals surface area (Å²) in [7, 11) is 0. The standard InChI is InChI=1S/C31H34N4O2/c1-20(2)29(33-30(36)25-15-13-21(3)14-16-25)31(37)34-32-18-27-23(5)35(28-12-7-6-11-26(27)28)19-24-10-8-9-22(4)17-24/h6-18,20,29H,19H2,1-5H3,(H,33,36)(H,34,37)/b32-18-. The van der Waals surface area contributed by atoms with Crippen LogP contribution in [-0.2, 0) is 11.3 Å². The average molecular weight is 495 g/mol. The van der Waals surface area contributed by atoms with E-state index in [0.717, 1.165) is 34.3 Å². The van der Waals surface area contributed by atoms with Crippen molar-refractivity contribution in [2.24, 2.45) is 11.0 Å². The van der Waals surface area contributed by atoms with Gasteiger partial charge in [-0.15, -0.1) is 0 Å². The van der Waals surface area contributed by atoms with Crippen LogP contribution in [0.4, 0.5) is 0 Å². The molecule has 1 atom stereocenters.